The van der Waals surface area contributed by atoms with Crippen molar-refractivity contribution in [1.82, 2.24) is 4.98 Å². The fourth-order valence-electron chi connectivity index (χ4n) is 2.36. The quantitative estimate of drug-likeness (QED) is 0.721. The van der Waals surface area contributed by atoms with Crippen molar-refractivity contribution in [2.75, 3.05) is 0 Å². The number of fused-ring (bicyclic) bond motifs is 2. The lowest BCUT2D eigenvalue weighted by molar-refractivity contribution is 0.469. The van der Waals surface area contributed by atoms with E-state index in [2.05, 4.69) is 11.6 Å². The van der Waals surface area contributed by atoms with E-state index in [4.69, 9.17) is 4.74 Å². The van der Waals surface area contributed by atoms with Gasteiger partial charge in [-0.05, 0) is 47.4 Å². The SMILES string of the molecule is C=C1C=C(c2cc3sccc3cn2)Oc2ccc(O)cc21. The van der Waals surface area contributed by atoms with Gasteiger partial charge in [0.05, 0.1) is 0 Å². The molecule has 1 aliphatic heterocycles. The van der Waals surface area contributed by atoms with Gasteiger partial charge < -0.3 is 9.84 Å². The van der Waals surface area contributed by atoms with E-state index in [-0.39, 0.29) is 5.75 Å². The van der Waals surface area contributed by atoms with Crippen LogP contribution in [-0.2, 0) is 0 Å². The number of hydrogen-bond acceptors (Lipinski definition) is 4. The van der Waals surface area contributed by atoms with E-state index in [0.717, 1.165) is 22.2 Å². The van der Waals surface area contributed by atoms with Gasteiger partial charge in [0.15, 0.2) is 5.76 Å². The van der Waals surface area contributed by atoms with Crippen LogP contribution >= 0.6 is 11.3 Å². The maximum Gasteiger partial charge on any atom is 0.153 e. The number of nitrogens with zero attached hydrogens (tertiary/aromatic N) is 1. The smallest absolute Gasteiger partial charge is 0.153 e. The second-order valence-electron chi connectivity index (χ2n) is 4.84. The third-order valence-corrected chi connectivity index (χ3v) is 4.30. The summed E-state index contributed by atoms with van der Waals surface area (Å²) >= 11 is 1.68. The van der Waals surface area contributed by atoms with Gasteiger partial charge in [-0.2, -0.15) is 0 Å². The minimum Gasteiger partial charge on any atom is -0.508 e. The summed E-state index contributed by atoms with van der Waals surface area (Å²) < 4.78 is 7.07. The van der Waals surface area contributed by atoms with Crippen LogP contribution in [0.4, 0.5) is 0 Å². The molecule has 0 fully saturated rings. The lowest BCUT2D eigenvalue weighted by atomic mass is 10.0. The predicted octanol–water partition coefficient (Wildman–Crippen LogP) is 4.45. The summed E-state index contributed by atoms with van der Waals surface area (Å²) in [5.41, 5.74) is 2.39. The Morgan fingerprint density at radius 1 is 1.19 bits per heavy atom. The second kappa shape index (κ2) is 4.46. The second-order valence-corrected chi connectivity index (χ2v) is 5.79. The first-order valence-corrected chi connectivity index (χ1v) is 7.34. The molecule has 0 saturated heterocycles. The Balaban J connectivity index is 1.80. The fraction of sp³-hybridized carbons (Fsp3) is 0. The van der Waals surface area contributed by atoms with Crippen molar-refractivity contribution in [3.8, 4) is 11.5 Å². The Morgan fingerprint density at radius 3 is 3.00 bits per heavy atom. The minimum absolute atomic E-state index is 0.202. The maximum atomic E-state index is 9.56. The molecule has 3 aromatic rings. The average Bonchev–Trinajstić information content (AvgIpc) is 2.95. The van der Waals surface area contributed by atoms with Gasteiger partial charge >= 0.3 is 0 Å². The van der Waals surface area contributed by atoms with E-state index < -0.39 is 0 Å². The summed E-state index contributed by atoms with van der Waals surface area (Å²) in [5, 5.41) is 12.7. The van der Waals surface area contributed by atoms with E-state index in [1.165, 1.54) is 4.70 Å². The third-order valence-electron chi connectivity index (χ3n) is 3.42. The van der Waals surface area contributed by atoms with Crippen molar-refractivity contribution in [2.45, 2.75) is 0 Å². The van der Waals surface area contributed by atoms with Gasteiger partial charge in [0.25, 0.3) is 0 Å². The number of phenolic OH excluding ortho intramolecular Hbond substituents is 1. The molecule has 3 nitrogen and oxygen atoms in total. The highest BCUT2D eigenvalue weighted by Gasteiger charge is 2.18. The number of phenols is 1. The zero-order valence-corrected chi connectivity index (χ0v) is 11.9. The Kier molecular flexibility index (Phi) is 2.59. The molecule has 1 aliphatic rings. The normalized spacial score (nSPS) is 13.7. The molecule has 0 amide bonds. The van der Waals surface area contributed by atoms with Gasteiger partial charge in [-0.1, -0.05) is 6.58 Å². The Bertz CT molecular complexity index is 908. The molecule has 4 rings (SSSR count). The molecule has 21 heavy (non-hydrogen) atoms. The van der Waals surface area contributed by atoms with E-state index in [9.17, 15) is 5.11 Å². The molecule has 102 valence electrons. The van der Waals surface area contributed by atoms with E-state index in [1.807, 2.05) is 29.8 Å². The fourth-order valence-corrected chi connectivity index (χ4v) is 3.16. The number of thiophene rings is 1. The highest BCUT2D eigenvalue weighted by Crippen LogP contribution is 2.38. The zero-order valence-electron chi connectivity index (χ0n) is 11.0. The molecule has 0 unspecified atom stereocenters. The van der Waals surface area contributed by atoms with Crippen molar-refractivity contribution in [3.63, 3.8) is 0 Å². The van der Waals surface area contributed by atoms with Crippen LogP contribution in [0, 0.1) is 0 Å². The molecular formula is C17H11NO2S. The van der Waals surface area contributed by atoms with Gasteiger partial charge in [0, 0.05) is 21.8 Å². The van der Waals surface area contributed by atoms with Gasteiger partial charge in [0.2, 0.25) is 0 Å². The first-order valence-electron chi connectivity index (χ1n) is 6.46. The number of allylic oxidation sites excluding steroid dienone is 2. The Hall–Kier alpha value is -2.59. The van der Waals surface area contributed by atoms with Crippen molar-refractivity contribution >= 4 is 32.8 Å². The first-order chi connectivity index (χ1) is 10.2. The molecule has 0 aliphatic carbocycles. The number of benzene rings is 1. The topological polar surface area (TPSA) is 42.4 Å². The number of rotatable bonds is 1. The van der Waals surface area contributed by atoms with Crippen molar-refractivity contribution in [3.05, 3.63) is 65.8 Å². The molecule has 2 aromatic heterocycles. The summed E-state index contributed by atoms with van der Waals surface area (Å²) in [6.45, 7) is 4.03. The van der Waals surface area contributed by atoms with Gasteiger partial charge in [-0.3, -0.25) is 4.98 Å². The number of hydrogen-bond donors (Lipinski definition) is 1. The average molecular weight is 293 g/mol. The minimum atomic E-state index is 0.202. The molecule has 0 atom stereocenters. The molecule has 0 spiro atoms. The van der Waals surface area contributed by atoms with Gasteiger partial charge in [0.1, 0.15) is 17.2 Å². The molecule has 4 heteroatoms. The van der Waals surface area contributed by atoms with Crippen LogP contribution in [-0.4, -0.2) is 10.1 Å². The summed E-state index contributed by atoms with van der Waals surface area (Å²) in [6, 6.07) is 9.06. The third kappa shape index (κ3) is 2.00. The number of aromatic nitrogens is 1. The van der Waals surface area contributed by atoms with Crippen LogP contribution in [0.25, 0.3) is 21.4 Å². The van der Waals surface area contributed by atoms with Crippen LogP contribution in [0.1, 0.15) is 11.3 Å². The maximum absolute atomic E-state index is 9.56. The summed E-state index contributed by atoms with van der Waals surface area (Å²) in [4.78, 5) is 4.45. The Labute approximate surface area is 125 Å². The van der Waals surface area contributed by atoms with Crippen molar-refractivity contribution < 1.29 is 9.84 Å². The molecular weight excluding hydrogens is 282 g/mol. The van der Waals surface area contributed by atoms with E-state index in [0.29, 0.717) is 11.5 Å². The lowest BCUT2D eigenvalue weighted by Gasteiger charge is -2.19. The van der Waals surface area contributed by atoms with Crippen LogP contribution in [0.15, 0.2) is 54.6 Å². The summed E-state index contributed by atoms with van der Waals surface area (Å²) in [5.74, 6) is 1.56. The molecule has 0 saturated carbocycles. The van der Waals surface area contributed by atoms with Crippen LogP contribution in [0.2, 0.25) is 0 Å². The van der Waals surface area contributed by atoms with Gasteiger partial charge in [-0.15, -0.1) is 11.3 Å². The molecule has 0 bridgehead atoms. The van der Waals surface area contributed by atoms with Crippen LogP contribution in [0.5, 0.6) is 11.5 Å². The highest BCUT2D eigenvalue weighted by molar-refractivity contribution is 7.17. The van der Waals surface area contributed by atoms with Crippen LogP contribution in [0.3, 0.4) is 0 Å². The number of ether oxygens (including phenoxy) is 1. The monoisotopic (exact) mass is 293 g/mol. The number of pyridine rings is 1. The van der Waals surface area contributed by atoms with Crippen LogP contribution < -0.4 is 4.74 Å². The van der Waals surface area contributed by atoms with Gasteiger partial charge in [-0.25, -0.2) is 0 Å². The van der Waals surface area contributed by atoms with Crippen molar-refractivity contribution in [2.24, 2.45) is 0 Å². The lowest BCUT2D eigenvalue weighted by Crippen LogP contribution is -2.04. The molecule has 0 radical (unpaired) electrons. The van der Waals surface area contributed by atoms with E-state index >= 15 is 0 Å². The summed E-state index contributed by atoms with van der Waals surface area (Å²) in [7, 11) is 0. The standard InChI is InChI=1S/C17H11NO2S/c1-10-6-16(20-15-3-2-12(19)7-13(10)15)14-8-17-11(9-18-14)4-5-21-17/h2-9,19H,1H2. The van der Waals surface area contributed by atoms with Crippen molar-refractivity contribution in [1.29, 1.82) is 0 Å². The number of aromatic hydroxyl groups is 1. The predicted molar refractivity (Wildman–Crippen MR) is 85.4 cm³/mol. The molecule has 3 heterocycles. The largest absolute Gasteiger partial charge is 0.508 e. The molecule has 1 aromatic carbocycles. The summed E-state index contributed by atoms with van der Waals surface area (Å²) in [6.07, 6.45) is 3.70. The highest BCUT2D eigenvalue weighted by atomic mass is 32.1. The van der Waals surface area contributed by atoms with E-state index in [1.54, 1.807) is 29.5 Å². The molecule has 1 N–H and O–H groups in total. The first kappa shape index (κ1) is 12.2. The zero-order chi connectivity index (χ0) is 14.4. The Morgan fingerprint density at radius 2 is 2.10 bits per heavy atom.